The molecule has 4 aromatic rings. The molecule has 0 unspecified atom stereocenters. The number of nitrogens with zero attached hydrogens (tertiary/aromatic N) is 2. The molecular formula is C28H22N2O3. The van der Waals surface area contributed by atoms with Gasteiger partial charge < -0.3 is 9.47 Å². The highest BCUT2D eigenvalue weighted by atomic mass is 16.5. The van der Waals surface area contributed by atoms with E-state index in [1.54, 1.807) is 13.2 Å². The summed E-state index contributed by atoms with van der Waals surface area (Å²) in [5, 5.41) is 4.82. The van der Waals surface area contributed by atoms with Crippen molar-refractivity contribution in [3.63, 3.8) is 0 Å². The van der Waals surface area contributed by atoms with Crippen LogP contribution in [0.2, 0.25) is 0 Å². The number of rotatable bonds is 5. The third-order valence-corrected chi connectivity index (χ3v) is 5.50. The van der Waals surface area contributed by atoms with Crippen LogP contribution in [0.3, 0.4) is 0 Å². The van der Waals surface area contributed by atoms with Gasteiger partial charge in [0, 0.05) is 22.9 Å². The van der Waals surface area contributed by atoms with E-state index in [9.17, 15) is 4.79 Å². The van der Waals surface area contributed by atoms with E-state index < -0.39 is 0 Å². The summed E-state index contributed by atoms with van der Waals surface area (Å²) >= 11 is 0. The predicted molar refractivity (Wildman–Crippen MR) is 129 cm³/mol. The van der Waals surface area contributed by atoms with Crippen molar-refractivity contribution in [2.45, 2.75) is 6.92 Å². The Balaban J connectivity index is 1.58. The first kappa shape index (κ1) is 20.5. The first-order valence-electron chi connectivity index (χ1n) is 10.6. The Morgan fingerprint density at radius 2 is 1.61 bits per heavy atom. The highest BCUT2D eigenvalue weighted by Crippen LogP contribution is 2.31. The van der Waals surface area contributed by atoms with Gasteiger partial charge in [-0.25, -0.2) is 9.48 Å². The molecule has 5 rings (SSSR count). The number of methoxy groups -OCH3 is 1. The molecular weight excluding hydrogens is 412 g/mol. The maximum Gasteiger partial charge on any atom is 0.343 e. The number of esters is 1. The van der Waals surface area contributed by atoms with E-state index in [1.807, 2.05) is 103 Å². The van der Waals surface area contributed by atoms with Crippen LogP contribution in [0, 0.1) is 6.92 Å². The molecule has 0 aliphatic carbocycles. The molecule has 1 aromatic heterocycles. The van der Waals surface area contributed by atoms with Crippen LogP contribution >= 0.6 is 0 Å². The minimum absolute atomic E-state index is 0.376. The van der Waals surface area contributed by atoms with Crippen molar-refractivity contribution in [2.75, 3.05) is 7.11 Å². The fourth-order valence-corrected chi connectivity index (χ4v) is 3.70. The van der Waals surface area contributed by atoms with Crippen molar-refractivity contribution >= 4 is 17.8 Å². The number of cyclic esters (lactones) is 1. The molecule has 2 heterocycles. The number of benzene rings is 3. The minimum atomic E-state index is -0.376. The molecule has 0 N–H and O–H groups in total. The van der Waals surface area contributed by atoms with Crippen LogP contribution in [0.5, 0.6) is 5.75 Å². The largest absolute Gasteiger partial charge is 0.497 e. The first-order valence-corrected chi connectivity index (χ1v) is 10.6. The van der Waals surface area contributed by atoms with Gasteiger partial charge >= 0.3 is 5.97 Å². The number of hydrogen-bond acceptors (Lipinski definition) is 4. The van der Waals surface area contributed by atoms with E-state index in [2.05, 4.69) is 0 Å². The third kappa shape index (κ3) is 4.21. The van der Waals surface area contributed by atoms with E-state index in [4.69, 9.17) is 14.6 Å². The summed E-state index contributed by atoms with van der Waals surface area (Å²) in [4.78, 5) is 12.7. The molecule has 0 amide bonds. The molecule has 0 radical (unpaired) electrons. The van der Waals surface area contributed by atoms with Gasteiger partial charge in [0.15, 0.2) is 0 Å². The molecule has 1 aliphatic heterocycles. The molecule has 3 aromatic carbocycles. The number of carbonyl (C=O) groups is 1. The van der Waals surface area contributed by atoms with Gasteiger partial charge in [0.2, 0.25) is 0 Å². The average molecular weight is 434 g/mol. The molecule has 0 saturated heterocycles. The Hall–Kier alpha value is -4.38. The van der Waals surface area contributed by atoms with Crippen molar-refractivity contribution in [3.8, 4) is 22.7 Å². The van der Waals surface area contributed by atoms with Crippen LogP contribution in [-0.2, 0) is 9.53 Å². The summed E-state index contributed by atoms with van der Waals surface area (Å²) in [6, 6.07) is 25.5. The van der Waals surface area contributed by atoms with Crippen LogP contribution in [0.1, 0.15) is 16.7 Å². The Labute approximate surface area is 192 Å². The Kier molecular flexibility index (Phi) is 5.37. The molecule has 0 spiro atoms. The maximum atomic E-state index is 12.7. The Bertz CT molecular complexity index is 1360. The number of hydrogen-bond donors (Lipinski definition) is 0. The van der Waals surface area contributed by atoms with Gasteiger partial charge in [-0.1, -0.05) is 48.0 Å². The second-order valence-electron chi connectivity index (χ2n) is 7.81. The molecule has 0 bridgehead atoms. The number of para-hydroxylation sites is 1. The number of aromatic nitrogens is 2. The van der Waals surface area contributed by atoms with Crippen molar-refractivity contribution in [1.82, 2.24) is 9.78 Å². The predicted octanol–water partition coefficient (Wildman–Crippen LogP) is 5.84. The maximum absolute atomic E-state index is 12.7. The summed E-state index contributed by atoms with van der Waals surface area (Å²) in [5.74, 6) is 0.942. The second kappa shape index (κ2) is 8.63. The lowest BCUT2D eigenvalue weighted by Gasteiger charge is -2.03. The van der Waals surface area contributed by atoms with Crippen molar-refractivity contribution < 1.29 is 14.3 Å². The van der Waals surface area contributed by atoms with Crippen LogP contribution < -0.4 is 4.74 Å². The lowest BCUT2D eigenvalue weighted by molar-refractivity contribution is -0.130. The van der Waals surface area contributed by atoms with Crippen LogP contribution in [-0.4, -0.2) is 22.9 Å². The molecule has 1 aliphatic rings. The molecule has 0 fully saturated rings. The van der Waals surface area contributed by atoms with E-state index in [1.165, 1.54) is 0 Å². The molecule has 5 nitrogen and oxygen atoms in total. The Morgan fingerprint density at radius 1 is 0.909 bits per heavy atom. The summed E-state index contributed by atoms with van der Waals surface area (Å²) in [5.41, 5.74) is 5.93. The fourth-order valence-electron chi connectivity index (χ4n) is 3.70. The summed E-state index contributed by atoms with van der Waals surface area (Å²) < 4.78 is 12.7. The molecule has 5 heteroatoms. The van der Waals surface area contributed by atoms with E-state index in [0.717, 1.165) is 39.4 Å². The van der Waals surface area contributed by atoms with E-state index in [0.29, 0.717) is 11.3 Å². The second-order valence-corrected chi connectivity index (χ2v) is 7.81. The molecule has 0 saturated carbocycles. The third-order valence-electron chi connectivity index (χ3n) is 5.50. The zero-order valence-electron chi connectivity index (χ0n) is 18.4. The topological polar surface area (TPSA) is 53.4 Å². The quantitative estimate of drug-likeness (QED) is 0.293. The monoisotopic (exact) mass is 434 g/mol. The van der Waals surface area contributed by atoms with Crippen molar-refractivity contribution in [1.29, 1.82) is 0 Å². The lowest BCUT2D eigenvalue weighted by atomic mass is 10.1. The number of aryl methyl sites for hydroxylation is 1. The SMILES string of the molecule is COc1ccc(-c2nn(-c3ccccc3)cc2C=C2C=C(c3ccc(C)cc3)OC2=O)cc1. The highest BCUT2D eigenvalue weighted by Gasteiger charge is 2.23. The first-order chi connectivity index (χ1) is 16.1. The molecule has 162 valence electrons. The Morgan fingerprint density at radius 3 is 2.30 bits per heavy atom. The smallest absolute Gasteiger partial charge is 0.343 e. The molecule has 33 heavy (non-hydrogen) atoms. The standard InChI is InChI=1S/C28H22N2O3/c1-19-8-10-20(11-9-19)26-17-22(28(31)33-26)16-23-18-30(24-6-4-3-5-7-24)29-27(23)21-12-14-25(32-2)15-13-21/h3-18H,1-2H3. The number of ether oxygens (including phenoxy) is 2. The molecule has 0 atom stereocenters. The average Bonchev–Trinajstić information content (AvgIpc) is 3.44. The van der Waals surface area contributed by atoms with Crippen LogP contribution in [0.25, 0.3) is 28.8 Å². The minimum Gasteiger partial charge on any atom is -0.497 e. The lowest BCUT2D eigenvalue weighted by Crippen LogP contribution is -1.97. The number of carbonyl (C=O) groups excluding carboxylic acids is 1. The van der Waals surface area contributed by atoms with Crippen molar-refractivity contribution in [3.05, 3.63) is 113 Å². The van der Waals surface area contributed by atoms with Gasteiger partial charge in [0.1, 0.15) is 11.5 Å². The van der Waals surface area contributed by atoms with Gasteiger partial charge in [-0.2, -0.15) is 5.10 Å². The van der Waals surface area contributed by atoms with Gasteiger partial charge in [-0.15, -0.1) is 0 Å². The van der Waals surface area contributed by atoms with E-state index >= 15 is 0 Å². The van der Waals surface area contributed by atoms with Gasteiger partial charge in [-0.3, -0.25) is 0 Å². The van der Waals surface area contributed by atoms with Gasteiger partial charge in [0.25, 0.3) is 0 Å². The van der Waals surface area contributed by atoms with Gasteiger partial charge in [-0.05, 0) is 55.5 Å². The highest BCUT2D eigenvalue weighted by molar-refractivity contribution is 6.05. The summed E-state index contributed by atoms with van der Waals surface area (Å²) in [6.45, 7) is 2.02. The summed E-state index contributed by atoms with van der Waals surface area (Å²) in [6.07, 6.45) is 5.53. The zero-order chi connectivity index (χ0) is 22.8. The fraction of sp³-hybridized carbons (Fsp3) is 0.0714. The van der Waals surface area contributed by atoms with E-state index in [-0.39, 0.29) is 5.97 Å². The zero-order valence-corrected chi connectivity index (χ0v) is 18.4. The van der Waals surface area contributed by atoms with Crippen LogP contribution in [0.4, 0.5) is 0 Å². The van der Waals surface area contributed by atoms with Crippen molar-refractivity contribution in [2.24, 2.45) is 0 Å². The van der Waals surface area contributed by atoms with Crippen LogP contribution in [0.15, 0.2) is 96.7 Å². The normalized spacial score (nSPS) is 14.3. The van der Waals surface area contributed by atoms with Gasteiger partial charge in [0.05, 0.1) is 24.1 Å². The summed E-state index contributed by atoms with van der Waals surface area (Å²) in [7, 11) is 1.64.